The molecule has 5 nitrogen and oxygen atoms in total. The zero-order valence-electron chi connectivity index (χ0n) is 10.7. The van der Waals surface area contributed by atoms with Crippen LogP contribution in [0.2, 0.25) is 0 Å². The van der Waals surface area contributed by atoms with Crippen molar-refractivity contribution in [2.24, 2.45) is 0 Å². The van der Waals surface area contributed by atoms with Gasteiger partial charge in [0, 0.05) is 23.2 Å². The summed E-state index contributed by atoms with van der Waals surface area (Å²) in [6, 6.07) is 3.29. The topological polar surface area (TPSA) is 64.6 Å². The SMILES string of the molecule is COC(CNS(=O)(=O)c1cc(Br)c(C)cc1Br)OC. The molecule has 1 rings (SSSR count). The number of aryl methyl sites for hydroxylation is 1. The van der Waals surface area contributed by atoms with Gasteiger partial charge in [-0.3, -0.25) is 0 Å². The summed E-state index contributed by atoms with van der Waals surface area (Å²) in [6.07, 6.45) is -0.623. The van der Waals surface area contributed by atoms with Gasteiger partial charge in [0.15, 0.2) is 6.29 Å². The first-order chi connectivity index (χ1) is 8.81. The number of hydrogen-bond donors (Lipinski definition) is 1. The lowest BCUT2D eigenvalue weighted by Crippen LogP contribution is -2.34. The van der Waals surface area contributed by atoms with Crippen LogP contribution in [0.15, 0.2) is 26.0 Å². The second kappa shape index (κ2) is 7.14. The minimum absolute atomic E-state index is 0.0350. The van der Waals surface area contributed by atoms with Gasteiger partial charge in [0.25, 0.3) is 0 Å². The van der Waals surface area contributed by atoms with Gasteiger partial charge in [-0.25, -0.2) is 13.1 Å². The molecule has 8 heteroatoms. The molecule has 0 atom stereocenters. The van der Waals surface area contributed by atoms with E-state index in [2.05, 4.69) is 36.6 Å². The Bertz CT molecular complexity index is 544. The first-order valence-corrected chi connectivity index (χ1v) is 8.39. The van der Waals surface area contributed by atoms with Crippen LogP contribution in [0, 0.1) is 6.92 Å². The van der Waals surface area contributed by atoms with Gasteiger partial charge >= 0.3 is 0 Å². The lowest BCUT2D eigenvalue weighted by atomic mass is 10.2. The number of hydrogen-bond acceptors (Lipinski definition) is 4. The highest BCUT2D eigenvalue weighted by atomic mass is 79.9. The number of rotatable bonds is 6. The third-order valence-electron chi connectivity index (χ3n) is 2.47. The number of ether oxygens (including phenoxy) is 2. The fourth-order valence-corrected chi connectivity index (χ4v) is 4.04. The van der Waals surface area contributed by atoms with Gasteiger partial charge in [0.05, 0.1) is 11.4 Å². The number of halogens is 2. The molecule has 0 aromatic heterocycles. The van der Waals surface area contributed by atoms with Crippen LogP contribution in [-0.2, 0) is 19.5 Å². The molecule has 0 aliphatic carbocycles. The Balaban J connectivity index is 2.98. The average molecular weight is 417 g/mol. The van der Waals surface area contributed by atoms with E-state index in [1.54, 1.807) is 12.1 Å². The number of benzene rings is 1. The summed E-state index contributed by atoms with van der Waals surface area (Å²) >= 11 is 6.57. The van der Waals surface area contributed by atoms with Crippen LogP contribution in [0.4, 0.5) is 0 Å². The van der Waals surface area contributed by atoms with Crippen LogP contribution < -0.4 is 4.72 Å². The molecular weight excluding hydrogens is 402 g/mol. The number of sulfonamides is 1. The molecule has 0 amide bonds. The second-order valence-corrected chi connectivity index (χ2v) is 7.23. The van der Waals surface area contributed by atoms with Gasteiger partial charge in [-0.05, 0) is 40.5 Å². The van der Waals surface area contributed by atoms with Gasteiger partial charge in [-0.15, -0.1) is 0 Å². The van der Waals surface area contributed by atoms with Crippen molar-refractivity contribution in [1.29, 1.82) is 0 Å². The zero-order valence-corrected chi connectivity index (χ0v) is 14.7. The van der Waals surface area contributed by atoms with E-state index < -0.39 is 16.3 Å². The van der Waals surface area contributed by atoms with Crippen LogP contribution >= 0.6 is 31.9 Å². The van der Waals surface area contributed by atoms with Gasteiger partial charge in [-0.1, -0.05) is 15.9 Å². The molecule has 0 fully saturated rings. The molecule has 0 saturated carbocycles. The fraction of sp³-hybridized carbons (Fsp3) is 0.455. The van der Waals surface area contributed by atoms with Crippen molar-refractivity contribution in [3.05, 3.63) is 26.6 Å². The summed E-state index contributed by atoms with van der Waals surface area (Å²) in [7, 11) is -0.742. The van der Waals surface area contributed by atoms with Crippen LogP contribution in [0.5, 0.6) is 0 Å². The van der Waals surface area contributed by atoms with Crippen molar-refractivity contribution in [1.82, 2.24) is 4.72 Å². The standard InChI is InChI=1S/C11H15Br2NO4S/c1-7-4-9(13)10(5-8(7)12)19(15,16)14-6-11(17-2)18-3/h4-5,11,14H,6H2,1-3H3. The predicted molar refractivity (Wildman–Crippen MR) is 79.6 cm³/mol. The summed E-state index contributed by atoms with van der Waals surface area (Å²) in [5.74, 6) is 0. The van der Waals surface area contributed by atoms with Crippen LogP contribution in [-0.4, -0.2) is 35.5 Å². The maximum absolute atomic E-state index is 12.2. The Hall–Kier alpha value is 0.01000. The van der Waals surface area contributed by atoms with Crippen LogP contribution in [0.25, 0.3) is 0 Å². The zero-order chi connectivity index (χ0) is 14.6. The minimum Gasteiger partial charge on any atom is -0.355 e. The molecule has 1 N–H and O–H groups in total. The maximum atomic E-state index is 12.2. The van der Waals surface area contributed by atoms with Crippen molar-refractivity contribution >= 4 is 41.9 Å². The first kappa shape index (κ1) is 17.1. The molecule has 19 heavy (non-hydrogen) atoms. The van der Waals surface area contributed by atoms with Crippen molar-refractivity contribution in [2.75, 3.05) is 20.8 Å². The van der Waals surface area contributed by atoms with E-state index in [9.17, 15) is 8.42 Å². The molecule has 0 aliphatic heterocycles. The smallest absolute Gasteiger partial charge is 0.241 e. The molecule has 0 unspecified atom stereocenters. The molecule has 0 heterocycles. The third-order valence-corrected chi connectivity index (χ3v) is 5.70. The van der Waals surface area contributed by atoms with Gasteiger partial charge in [-0.2, -0.15) is 0 Å². The maximum Gasteiger partial charge on any atom is 0.241 e. The molecular formula is C11H15Br2NO4S. The monoisotopic (exact) mass is 415 g/mol. The highest BCUT2D eigenvalue weighted by Crippen LogP contribution is 2.28. The Morgan fingerprint density at radius 1 is 1.21 bits per heavy atom. The summed E-state index contributed by atoms with van der Waals surface area (Å²) in [5, 5.41) is 0. The van der Waals surface area contributed by atoms with E-state index in [0.717, 1.165) is 10.0 Å². The molecule has 0 radical (unpaired) electrons. The average Bonchev–Trinajstić information content (AvgIpc) is 2.34. The first-order valence-electron chi connectivity index (χ1n) is 5.32. The molecule has 0 saturated heterocycles. The lowest BCUT2D eigenvalue weighted by molar-refractivity contribution is -0.0960. The largest absolute Gasteiger partial charge is 0.355 e. The Labute approximate surface area is 130 Å². The van der Waals surface area contributed by atoms with Crippen LogP contribution in [0.1, 0.15) is 5.56 Å². The van der Waals surface area contributed by atoms with Crippen molar-refractivity contribution < 1.29 is 17.9 Å². The molecule has 1 aromatic carbocycles. The second-order valence-electron chi connectivity index (χ2n) is 3.78. The van der Waals surface area contributed by atoms with Crippen molar-refractivity contribution in [3.63, 3.8) is 0 Å². The van der Waals surface area contributed by atoms with Crippen molar-refractivity contribution in [3.8, 4) is 0 Å². The summed E-state index contributed by atoms with van der Waals surface area (Å²) in [6.45, 7) is 1.91. The van der Waals surface area contributed by atoms with E-state index in [0.29, 0.717) is 4.47 Å². The van der Waals surface area contributed by atoms with E-state index >= 15 is 0 Å². The van der Waals surface area contributed by atoms with Crippen LogP contribution in [0.3, 0.4) is 0 Å². The summed E-state index contributed by atoms with van der Waals surface area (Å²) in [5.41, 5.74) is 0.942. The normalized spacial score (nSPS) is 12.1. The highest BCUT2D eigenvalue weighted by molar-refractivity contribution is 9.11. The summed E-state index contributed by atoms with van der Waals surface area (Å²) < 4.78 is 37.9. The fourth-order valence-electron chi connectivity index (χ4n) is 1.35. The quantitative estimate of drug-likeness (QED) is 0.723. The highest BCUT2D eigenvalue weighted by Gasteiger charge is 2.20. The summed E-state index contributed by atoms with van der Waals surface area (Å²) in [4.78, 5) is 0.163. The van der Waals surface area contributed by atoms with E-state index in [-0.39, 0.29) is 11.4 Å². The van der Waals surface area contributed by atoms with Gasteiger partial charge in [0.2, 0.25) is 10.0 Å². The van der Waals surface area contributed by atoms with Crippen molar-refractivity contribution in [2.45, 2.75) is 18.1 Å². The molecule has 0 aliphatic rings. The molecule has 108 valence electrons. The Kier molecular flexibility index (Phi) is 6.41. The predicted octanol–water partition coefficient (Wildman–Crippen LogP) is 2.42. The van der Waals surface area contributed by atoms with E-state index in [1.165, 1.54) is 14.2 Å². The molecule has 1 aromatic rings. The third kappa shape index (κ3) is 4.51. The number of nitrogens with one attached hydrogen (secondary N) is 1. The van der Waals surface area contributed by atoms with Gasteiger partial charge < -0.3 is 9.47 Å². The van der Waals surface area contributed by atoms with Gasteiger partial charge in [0.1, 0.15) is 0 Å². The van der Waals surface area contributed by atoms with E-state index in [4.69, 9.17) is 9.47 Å². The molecule has 0 bridgehead atoms. The Morgan fingerprint density at radius 3 is 2.32 bits per heavy atom. The minimum atomic E-state index is -3.63. The molecule has 0 spiro atoms. The Morgan fingerprint density at radius 2 is 1.79 bits per heavy atom. The number of methoxy groups -OCH3 is 2. The van der Waals surface area contributed by atoms with E-state index in [1.807, 2.05) is 6.92 Å². The lowest BCUT2D eigenvalue weighted by Gasteiger charge is -2.15.